The molecule has 0 radical (unpaired) electrons. The molecule has 0 aromatic heterocycles. The average molecular weight is 282 g/mol. The van der Waals surface area contributed by atoms with Crippen LogP contribution in [0.3, 0.4) is 0 Å². The van der Waals surface area contributed by atoms with Crippen molar-refractivity contribution in [2.24, 2.45) is 5.41 Å². The minimum Gasteiger partial charge on any atom is -0.743 e. The molecule has 0 aromatic rings. The molecule has 0 aliphatic heterocycles. The van der Waals surface area contributed by atoms with Crippen molar-refractivity contribution in [1.29, 1.82) is 0 Å². The van der Waals surface area contributed by atoms with Crippen LogP contribution in [0.1, 0.15) is 27.2 Å². The Morgan fingerprint density at radius 2 is 1.71 bits per heavy atom. The van der Waals surface area contributed by atoms with Gasteiger partial charge in [-0.2, -0.15) is 8.78 Å². The zero-order valence-corrected chi connectivity index (χ0v) is 12.9. The summed E-state index contributed by atoms with van der Waals surface area (Å²) in [7, 11) is -5.84. The first kappa shape index (κ1) is 19.6. The van der Waals surface area contributed by atoms with Crippen molar-refractivity contribution in [2.45, 2.75) is 32.4 Å². The Morgan fingerprint density at radius 1 is 1.29 bits per heavy atom. The van der Waals surface area contributed by atoms with Crippen LogP contribution in [0.15, 0.2) is 0 Å². The molecule has 5 nitrogen and oxygen atoms in total. The Labute approximate surface area is 121 Å². The van der Waals surface area contributed by atoms with E-state index in [2.05, 4.69) is 4.74 Å². The smallest absolute Gasteiger partial charge is 0.743 e. The van der Waals surface area contributed by atoms with Gasteiger partial charge in [0, 0.05) is 0 Å². The molecule has 0 saturated carbocycles. The molecule has 96 valence electrons. The fourth-order valence-corrected chi connectivity index (χ4v) is 0.899. The summed E-state index contributed by atoms with van der Waals surface area (Å²) >= 11 is 0. The molecule has 0 fully saturated rings. The molecule has 0 aromatic carbocycles. The number of halogens is 2. The predicted octanol–water partition coefficient (Wildman–Crippen LogP) is -1.89. The van der Waals surface area contributed by atoms with Gasteiger partial charge in [0.25, 0.3) is 0 Å². The van der Waals surface area contributed by atoms with Gasteiger partial charge < -0.3 is 9.29 Å². The van der Waals surface area contributed by atoms with Crippen molar-refractivity contribution in [3.8, 4) is 0 Å². The third kappa shape index (κ3) is 8.04. The molecular formula is C8H13F2NaO5S. The van der Waals surface area contributed by atoms with Crippen molar-refractivity contribution < 1.29 is 60.8 Å². The molecule has 0 rings (SSSR count). The van der Waals surface area contributed by atoms with E-state index < -0.39 is 33.2 Å². The van der Waals surface area contributed by atoms with Gasteiger partial charge in [-0.15, -0.1) is 0 Å². The maximum atomic E-state index is 12.6. The van der Waals surface area contributed by atoms with E-state index in [4.69, 9.17) is 0 Å². The summed E-state index contributed by atoms with van der Waals surface area (Å²) < 4.78 is 59.8. The molecule has 0 aliphatic carbocycles. The third-order valence-electron chi connectivity index (χ3n) is 1.38. The van der Waals surface area contributed by atoms with E-state index in [-0.39, 0.29) is 36.2 Å². The average Bonchev–Trinajstić information content (AvgIpc) is 1.96. The third-order valence-corrected chi connectivity index (χ3v) is 2.26. The number of ether oxygens (including phenoxy) is 1. The number of rotatable bonds is 4. The van der Waals surface area contributed by atoms with E-state index in [1.54, 1.807) is 20.8 Å². The van der Waals surface area contributed by atoms with Gasteiger partial charge in [-0.05, 0) is 5.41 Å². The maximum absolute atomic E-state index is 12.6. The van der Waals surface area contributed by atoms with Crippen LogP contribution in [0.2, 0.25) is 0 Å². The summed E-state index contributed by atoms with van der Waals surface area (Å²) in [6.45, 7) is 4.95. The second kappa shape index (κ2) is 6.42. The largest absolute Gasteiger partial charge is 1.00 e. The summed E-state index contributed by atoms with van der Waals surface area (Å²) in [5.41, 5.74) is -0.429. The van der Waals surface area contributed by atoms with Gasteiger partial charge in [0.2, 0.25) is 0 Å². The quantitative estimate of drug-likeness (QED) is 0.342. The SMILES string of the molecule is CC(C)(C)COC(=O)CC(F)(F)S(=O)(=O)[O-].[Na+]. The molecule has 17 heavy (non-hydrogen) atoms. The topological polar surface area (TPSA) is 83.5 Å². The second-order valence-corrected chi connectivity index (χ2v) is 6.00. The van der Waals surface area contributed by atoms with Crippen LogP contribution in [-0.4, -0.2) is 30.8 Å². The van der Waals surface area contributed by atoms with Crippen molar-refractivity contribution in [3.05, 3.63) is 0 Å². The van der Waals surface area contributed by atoms with Crippen LogP contribution in [0.4, 0.5) is 8.78 Å². The zero-order chi connectivity index (χ0) is 13.2. The van der Waals surface area contributed by atoms with Crippen LogP contribution >= 0.6 is 0 Å². The molecule has 0 atom stereocenters. The first-order valence-electron chi connectivity index (χ1n) is 4.34. The van der Waals surface area contributed by atoms with E-state index in [1.807, 2.05) is 0 Å². The van der Waals surface area contributed by atoms with Gasteiger partial charge in [0.05, 0.1) is 6.61 Å². The van der Waals surface area contributed by atoms with Crippen molar-refractivity contribution in [1.82, 2.24) is 0 Å². The minimum absolute atomic E-state index is 0. The standard InChI is InChI=1S/C8H14F2O5S.Na/c1-7(2,3)5-15-6(11)4-8(9,10)16(12,13)14;/h4-5H2,1-3H3,(H,12,13,14);/q;+1/p-1. The minimum atomic E-state index is -5.84. The number of carbonyl (C=O) groups excluding carboxylic acids is 1. The van der Waals surface area contributed by atoms with Crippen molar-refractivity contribution >= 4 is 16.1 Å². The Hall–Kier alpha value is 0.240. The van der Waals surface area contributed by atoms with E-state index in [0.717, 1.165) is 0 Å². The molecule has 0 heterocycles. The number of carbonyl (C=O) groups is 1. The molecule has 0 N–H and O–H groups in total. The second-order valence-electron chi connectivity index (χ2n) is 4.49. The molecule has 0 spiro atoms. The summed E-state index contributed by atoms with van der Waals surface area (Å²) in [5, 5.41) is -4.62. The van der Waals surface area contributed by atoms with E-state index in [0.29, 0.717) is 0 Å². The van der Waals surface area contributed by atoms with Crippen molar-refractivity contribution in [2.75, 3.05) is 6.61 Å². The van der Waals surface area contributed by atoms with Gasteiger partial charge in [0.15, 0.2) is 10.1 Å². The summed E-state index contributed by atoms with van der Waals surface area (Å²) in [5.74, 6) is -1.42. The van der Waals surface area contributed by atoms with Gasteiger partial charge >= 0.3 is 40.8 Å². The number of hydrogen-bond donors (Lipinski definition) is 0. The molecule has 0 bridgehead atoms. The van der Waals surface area contributed by atoms with Crippen LogP contribution < -0.4 is 29.6 Å². The Balaban J connectivity index is 0. The summed E-state index contributed by atoms with van der Waals surface area (Å²) in [6.07, 6.45) is -1.76. The summed E-state index contributed by atoms with van der Waals surface area (Å²) in [6, 6.07) is 0. The fraction of sp³-hybridized carbons (Fsp3) is 0.875. The van der Waals surface area contributed by atoms with E-state index in [9.17, 15) is 26.5 Å². The predicted molar refractivity (Wildman–Crippen MR) is 49.7 cm³/mol. The normalized spacial score (nSPS) is 12.8. The van der Waals surface area contributed by atoms with E-state index in [1.165, 1.54) is 0 Å². The molecule has 9 heteroatoms. The van der Waals surface area contributed by atoms with Gasteiger partial charge in [-0.25, -0.2) is 8.42 Å². The Kier molecular flexibility index (Phi) is 7.39. The molecule has 0 saturated heterocycles. The van der Waals surface area contributed by atoms with E-state index >= 15 is 0 Å². The van der Waals surface area contributed by atoms with Crippen LogP contribution in [0.5, 0.6) is 0 Å². The van der Waals surface area contributed by atoms with Gasteiger partial charge in [0.1, 0.15) is 6.42 Å². The molecule has 0 unspecified atom stereocenters. The Bertz CT molecular complexity index is 361. The summed E-state index contributed by atoms with van der Waals surface area (Å²) in [4.78, 5) is 10.8. The van der Waals surface area contributed by atoms with Crippen LogP contribution in [-0.2, 0) is 19.6 Å². The van der Waals surface area contributed by atoms with Crippen LogP contribution in [0, 0.1) is 5.41 Å². The van der Waals surface area contributed by atoms with Crippen molar-refractivity contribution in [3.63, 3.8) is 0 Å². The molecule has 0 aliphatic rings. The Morgan fingerprint density at radius 3 is 2.00 bits per heavy atom. The van der Waals surface area contributed by atoms with Gasteiger partial charge in [-0.1, -0.05) is 20.8 Å². The number of esters is 1. The van der Waals surface area contributed by atoms with Gasteiger partial charge in [-0.3, -0.25) is 4.79 Å². The monoisotopic (exact) mass is 282 g/mol. The van der Waals surface area contributed by atoms with Crippen LogP contribution in [0.25, 0.3) is 0 Å². The maximum Gasteiger partial charge on any atom is 1.00 e. The molecular weight excluding hydrogens is 269 g/mol. The number of hydrogen-bond acceptors (Lipinski definition) is 5. The fourth-order valence-electron chi connectivity index (χ4n) is 0.604. The zero-order valence-electron chi connectivity index (χ0n) is 10.1. The first-order valence-corrected chi connectivity index (χ1v) is 5.75. The number of alkyl halides is 2. The first-order chi connectivity index (χ1) is 6.85. The molecule has 0 amide bonds.